The van der Waals surface area contributed by atoms with Gasteiger partial charge in [-0.3, -0.25) is 14.7 Å². The number of carbonyl (C=O) groups excluding carboxylic acids is 1. The minimum atomic E-state index is -0.368. The number of aromatic nitrogens is 2. The molecule has 2 aromatic rings. The molecule has 0 saturated carbocycles. The molecule has 1 heterocycles. The summed E-state index contributed by atoms with van der Waals surface area (Å²) >= 11 is 0. The Balaban J connectivity index is 1.92. The number of hydrogen-bond donors (Lipinski definition) is 4. The van der Waals surface area contributed by atoms with E-state index in [-0.39, 0.29) is 23.6 Å². The number of nitrogens with zero attached hydrogens (tertiary/aromatic N) is 1. The van der Waals surface area contributed by atoms with Crippen molar-refractivity contribution in [3.05, 3.63) is 45.9 Å². The van der Waals surface area contributed by atoms with E-state index in [9.17, 15) is 14.7 Å². The molecule has 0 bridgehead atoms. The van der Waals surface area contributed by atoms with Crippen LogP contribution in [0.15, 0.2) is 34.2 Å². The maximum absolute atomic E-state index is 11.6. The van der Waals surface area contributed by atoms with E-state index in [0.29, 0.717) is 17.0 Å². The fraction of sp³-hybridized carbons (Fsp3) is 0.154. The lowest BCUT2D eigenvalue weighted by Gasteiger charge is -2.03. The second kappa shape index (κ2) is 6.42. The van der Waals surface area contributed by atoms with E-state index in [1.54, 1.807) is 12.1 Å². The van der Waals surface area contributed by atoms with Crippen molar-refractivity contribution in [2.24, 2.45) is 5.10 Å². The van der Waals surface area contributed by atoms with Crippen LogP contribution in [0.3, 0.4) is 0 Å². The van der Waals surface area contributed by atoms with Crippen LogP contribution in [0, 0.1) is 0 Å². The van der Waals surface area contributed by atoms with Gasteiger partial charge in [0.2, 0.25) is 5.91 Å². The molecule has 0 saturated heterocycles. The third-order valence-electron chi connectivity index (χ3n) is 2.61. The Bertz CT molecular complexity index is 717. The van der Waals surface area contributed by atoms with Gasteiger partial charge < -0.3 is 14.9 Å². The molecule has 4 N–H and O–H groups in total. The summed E-state index contributed by atoms with van der Waals surface area (Å²) in [6, 6.07) is 5.96. The smallest absolute Gasteiger partial charge is 0.264 e. The molecule has 0 aliphatic heterocycles. The number of H-pyrrole nitrogens is 2. The second-order valence-corrected chi connectivity index (χ2v) is 4.19. The first-order valence-electron chi connectivity index (χ1n) is 6.04. The Labute approximate surface area is 119 Å². The highest BCUT2D eigenvalue weighted by Crippen LogP contribution is 2.25. The number of phenols is 1. The Morgan fingerprint density at radius 1 is 1.43 bits per heavy atom. The number of amides is 1. The number of aromatic amines is 2. The van der Waals surface area contributed by atoms with E-state index >= 15 is 0 Å². The van der Waals surface area contributed by atoms with E-state index in [1.807, 2.05) is 0 Å². The van der Waals surface area contributed by atoms with Crippen LogP contribution in [0.2, 0.25) is 0 Å². The standard InChI is InChI=1S/C13H14N4O4/c1-21-11-4-8(2-3-10(11)18)7-14-16-12(19)5-9-6-13(20)17-15-9/h2-4,6-7,18H,5H2,1H3,(H,16,19)(H2,15,17,20)/b14-7-. The van der Waals surface area contributed by atoms with Crippen molar-refractivity contribution in [1.82, 2.24) is 15.6 Å². The van der Waals surface area contributed by atoms with Gasteiger partial charge in [-0.2, -0.15) is 5.10 Å². The molecule has 0 aliphatic rings. The zero-order chi connectivity index (χ0) is 15.2. The number of nitrogens with one attached hydrogen (secondary N) is 3. The summed E-state index contributed by atoms with van der Waals surface area (Å²) in [4.78, 5) is 22.4. The first-order chi connectivity index (χ1) is 10.1. The van der Waals surface area contributed by atoms with Gasteiger partial charge in [0.05, 0.1) is 19.7 Å². The second-order valence-electron chi connectivity index (χ2n) is 4.19. The summed E-state index contributed by atoms with van der Waals surface area (Å²) in [6.45, 7) is 0. The molecule has 1 aromatic carbocycles. The lowest BCUT2D eigenvalue weighted by atomic mass is 10.2. The molecule has 110 valence electrons. The maximum Gasteiger partial charge on any atom is 0.264 e. The monoisotopic (exact) mass is 290 g/mol. The number of hydrazone groups is 1. The van der Waals surface area contributed by atoms with Gasteiger partial charge in [0.25, 0.3) is 5.56 Å². The Morgan fingerprint density at radius 3 is 2.90 bits per heavy atom. The van der Waals surface area contributed by atoms with Crippen LogP contribution in [-0.4, -0.2) is 34.5 Å². The number of rotatable bonds is 5. The SMILES string of the molecule is COc1cc(/C=N\NC(=O)Cc2cc(=O)[nH][nH]2)ccc1O. The van der Waals surface area contributed by atoms with Crippen LogP contribution in [0.25, 0.3) is 0 Å². The van der Waals surface area contributed by atoms with Crippen molar-refractivity contribution in [3.8, 4) is 11.5 Å². The Kier molecular flexibility index (Phi) is 4.39. The van der Waals surface area contributed by atoms with Gasteiger partial charge in [0.1, 0.15) is 0 Å². The van der Waals surface area contributed by atoms with Crippen LogP contribution < -0.4 is 15.7 Å². The van der Waals surface area contributed by atoms with Crippen LogP contribution in [-0.2, 0) is 11.2 Å². The zero-order valence-electron chi connectivity index (χ0n) is 11.2. The minimum Gasteiger partial charge on any atom is -0.504 e. The Morgan fingerprint density at radius 2 is 2.24 bits per heavy atom. The summed E-state index contributed by atoms with van der Waals surface area (Å²) < 4.78 is 4.96. The summed E-state index contributed by atoms with van der Waals surface area (Å²) in [6.07, 6.45) is 1.43. The van der Waals surface area contributed by atoms with Gasteiger partial charge in [-0.25, -0.2) is 5.43 Å². The van der Waals surface area contributed by atoms with Gasteiger partial charge in [-0.15, -0.1) is 0 Å². The predicted molar refractivity (Wildman–Crippen MR) is 75.5 cm³/mol. The molecule has 0 fully saturated rings. The highest BCUT2D eigenvalue weighted by Gasteiger charge is 2.04. The molecule has 0 radical (unpaired) electrons. The molecule has 8 heteroatoms. The Hall–Kier alpha value is -3.03. The van der Waals surface area contributed by atoms with Gasteiger partial charge in [-0.1, -0.05) is 0 Å². The van der Waals surface area contributed by atoms with E-state index in [4.69, 9.17) is 4.74 Å². The van der Waals surface area contributed by atoms with Crippen molar-refractivity contribution >= 4 is 12.1 Å². The summed E-state index contributed by atoms with van der Waals surface area (Å²) in [5, 5.41) is 18.1. The molecular weight excluding hydrogens is 276 g/mol. The normalized spacial score (nSPS) is 10.7. The first kappa shape index (κ1) is 14.4. The number of methoxy groups -OCH3 is 1. The van der Waals surface area contributed by atoms with E-state index in [2.05, 4.69) is 20.7 Å². The fourth-order valence-electron chi connectivity index (χ4n) is 1.63. The molecule has 1 amide bonds. The van der Waals surface area contributed by atoms with Crippen molar-refractivity contribution in [2.75, 3.05) is 7.11 Å². The van der Waals surface area contributed by atoms with Crippen molar-refractivity contribution in [3.63, 3.8) is 0 Å². The maximum atomic E-state index is 11.6. The van der Waals surface area contributed by atoms with E-state index in [0.717, 1.165) is 0 Å². The van der Waals surface area contributed by atoms with Gasteiger partial charge in [0.15, 0.2) is 11.5 Å². The van der Waals surface area contributed by atoms with Crippen LogP contribution in [0.1, 0.15) is 11.3 Å². The summed E-state index contributed by atoms with van der Waals surface area (Å²) in [7, 11) is 1.44. The topological polar surface area (TPSA) is 120 Å². The van der Waals surface area contributed by atoms with Gasteiger partial charge in [-0.05, 0) is 23.8 Å². The number of carbonyl (C=O) groups is 1. The van der Waals surface area contributed by atoms with Crippen LogP contribution in [0.4, 0.5) is 0 Å². The quantitative estimate of drug-likeness (QED) is 0.461. The summed E-state index contributed by atoms with van der Waals surface area (Å²) in [5.74, 6) is -0.0301. The van der Waals surface area contributed by atoms with Crippen molar-refractivity contribution < 1.29 is 14.6 Å². The van der Waals surface area contributed by atoms with E-state index < -0.39 is 0 Å². The predicted octanol–water partition coefficient (Wildman–Crippen LogP) is 0.110. The fourth-order valence-corrected chi connectivity index (χ4v) is 1.63. The zero-order valence-corrected chi connectivity index (χ0v) is 11.2. The third-order valence-corrected chi connectivity index (χ3v) is 2.61. The van der Waals surface area contributed by atoms with E-state index in [1.165, 1.54) is 25.5 Å². The number of hydrogen-bond acceptors (Lipinski definition) is 5. The molecule has 0 unspecified atom stereocenters. The third kappa shape index (κ3) is 3.96. The first-order valence-corrected chi connectivity index (χ1v) is 6.04. The molecular formula is C13H14N4O4. The molecule has 0 atom stereocenters. The lowest BCUT2D eigenvalue weighted by Crippen LogP contribution is -2.20. The highest BCUT2D eigenvalue weighted by atomic mass is 16.5. The summed E-state index contributed by atoms with van der Waals surface area (Å²) in [5.41, 5.74) is 3.16. The number of phenolic OH excluding ortho intramolecular Hbond substituents is 1. The lowest BCUT2D eigenvalue weighted by molar-refractivity contribution is -0.120. The van der Waals surface area contributed by atoms with Crippen molar-refractivity contribution in [1.29, 1.82) is 0 Å². The van der Waals surface area contributed by atoms with Crippen molar-refractivity contribution in [2.45, 2.75) is 6.42 Å². The molecule has 21 heavy (non-hydrogen) atoms. The average Bonchev–Trinajstić information content (AvgIpc) is 2.86. The van der Waals surface area contributed by atoms with Crippen LogP contribution in [0.5, 0.6) is 11.5 Å². The number of aromatic hydroxyl groups is 1. The number of benzene rings is 1. The number of ether oxygens (including phenoxy) is 1. The molecule has 0 aliphatic carbocycles. The molecule has 8 nitrogen and oxygen atoms in total. The molecule has 1 aromatic heterocycles. The molecule has 2 rings (SSSR count). The largest absolute Gasteiger partial charge is 0.504 e. The average molecular weight is 290 g/mol. The minimum absolute atomic E-state index is 0.00891. The van der Waals surface area contributed by atoms with Gasteiger partial charge in [0, 0.05) is 11.8 Å². The highest BCUT2D eigenvalue weighted by molar-refractivity contribution is 5.83. The molecule has 0 spiro atoms. The van der Waals surface area contributed by atoms with Gasteiger partial charge >= 0.3 is 0 Å². The van der Waals surface area contributed by atoms with Crippen LogP contribution >= 0.6 is 0 Å².